The van der Waals surface area contributed by atoms with Gasteiger partial charge in [0.1, 0.15) is 12.4 Å². The predicted molar refractivity (Wildman–Crippen MR) is 163 cm³/mol. The van der Waals surface area contributed by atoms with Gasteiger partial charge in [-0.25, -0.2) is 4.68 Å². The van der Waals surface area contributed by atoms with E-state index in [-0.39, 0.29) is 41.6 Å². The second-order valence-corrected chi connectivity index (χ2v) is 12.7. The van der Waals surface area contributed by atoms with Crippen LogP contribution in [0.15, 0.2) is 67.0 Å². The minimum absolute atomic E-state index is 0.165. The number of nitrogens with one attached hydrogen (secondary N) is 1. The Bertz CT molecular complexity index is 1650. The number of thioether (sulfide) groups is 1. The molecule has 0 aliphatic carbocycles. The number of carbonyl (C=O) groups is 2. The summed E-state index contributed by atoms with van der Waals surface area (Å²) >= 11 is 7.93. The van der Waals surface area contributed by atoms with Crippen molar-refractivity contribution < 1.29 is 19.1 Å². The van der Waals surface area contributed by atoms with Gasteiger partial charge in [-0.1, -0.05) is 44.5 Å². The highest BCUT2D eigenvalue weighted by molar-refractivity contribution is 8.00. The van der Waals surface area contributed by atoms with Crippen LogP contribution in [-0.4, -0.2) is 45.7 Å². The molecule has 2 amide bonds. The van der Waals surface area contributed by atoms with Gasteiger partial charge in [0.2, 0.25) is 18.6 Å². The number of pyridine rings is 1. The zero-order valence-corrected chi connectivity index (χ0v) is 25.0. The van der Waals surface area contributed by atoms with Crippen LogP contribution in [0.3, 0.4) is 0 Å². The fraction of sp³-hybridized carbons (Fsp3) is 0.290. The SMILES string of the molecule is CC(C)(C)c1nn(-c2cccc(Cl)c2)c2c1C(c1ccc3c(c1)OCO3)SCC(=O)N2CC(=O)NCc1ccncc1. The summed E-state index contributed by atoms with van der Waals surface area (Å²) in [4.78, 5) is 32.8. The number of carbonyl (C=O) groups excluding carboxylic acids is 2. The number of halogens is 1. The van der Waals surface area contributed by atoms with Crippen molar-refractivity contribution in [1.29, 1.82) is 0 Å². The van der Waals surface area contributed by atoms with Gasteiger partial charge < -0.3 is 14.8 Å². The van der Waals surface area contributed by atoms with Crippen molar-refractivity contribution in [3.63, 3.8) is 0 Å². The highest BCUT2D eigenvalue weighted by Crippen LogP contribution is 2.50. The number of nitrogens with zero attached hydrogens (tertiary/aromatic N) is 4. The highest BCUT2D eigenvalue weighted by atomic mass is 35.5. The molecule has 0 spiro atoms. The molecule has 1 atom stereocenters. The van der Waals surface area contributed by atoms with E-state index in [2.05, 4.69) is 31.1 Å². The van der Waals surface area contributed by atoms with Crippen molar-refractivity contribution in [3.8, 4) is 17.2 Å². The predicted octanol–water partition coefficient (Wildman–Crippen LogP) is 5.43. The number of amides is 2. The van der Waals surface area contributed by atoms with E-state index < -0.39 is 0 Å². The topological polar surface area (TPSA) is 98.6 Å². The number of benzene rings is 2. The fourth-order valence-electron chi connectivity index (χ4n) is 5.10. The normalized spacial score (nSPS) is 16.2. The van der Waals surface area contributed by atoms with Crippen molar-refractivity contribution in [3.05, 3.63) is 94.4 Å². The Hall–Kier alpha value is -4.02. The lowest BCUT2D eigenvalue weighted by Gasteiger charge is -2.24. The van der Waals surface area contributed by atoms with Crippen LogP contribution in [0.4, 0.5) is 5.82 Å². The second kappa shape index (κ2) is 11.3. The number of aromatic nitrogens is 3. The van der Waals surface area contributed by atoms with Crippen molar-refractivity contribution >= 4 is 41.0 Å². The Balaban J connectivity index is 1.49. The summed E-state index contributed by atoms with van der Waals surface area (Å²) in [7, 11) is 0. The van der Waals surface area contributed by atoms with E-state index in [4.69, 9.17) is 26.2 Å². The molecule has 6 rings (SSSR count). The van der Waals surface area contributed by atoms with Gasteiger partial charge in [-0.2, -0.15) is 5.10 Å². The number of anilines is 1. The zero-order valence-electron chi connectivity index (χ0n) is 23.5. The second-order valence-electron chi connectivity index (χ2n) is 11.1. The summed E-state index contributed by atoms with van der Waals surface area (Å²) in [5.41, 5.74) is 3.88. The third-order valence-corrected chi connectivity index (χ3v) is 8.58. The standard InChI is InChI=1S/C31H30ClN5O4S/c1-31(2,3)29-27-28(20-7-8-23-24(13-20)41-18-40-23)42-17-26(39)36(16-25(38)34-15-19-9-11-33-12-10-19)30(27)37(35-29)22-6-4-5-21(32)14-22/h4-14,28H,15-18H2,1-3H3,(H,34,38). The zero-order chi connectivity index (χ0) is 29.4. The van der Waals surface area contributed by atoms with Crippen LogP contribution in [0.1, 0.15) is 48.4 Å². The van der Waals surface area contributed by atoms with Crippen molar-refractivity contribution in [2.24, 2.45) is 0 Å². The molecule has 4 aromatic rings. The molecule has 9 nitrogen and oxygen atoms in total. The van der Waals surface area contributed by atoms with Crippen LogP contribution in [0, 0.1) is 0 Å². The van der Waals surface area contributed by atoms with E-state index in [1.54, 1.807) is 34.1 Å². The van der Waals surface area contributed by atoms with Gasteiger partial charge in [0.25, 0.3) is 0 Å². The van der Waals surface area contributed by atoms with Crippen molar-refractivity contribution in [2.75, 3.05) is 24.0 Å². The smallest absolute Gasteiger partial charge is 0.240 e. The van der Waals surface area contributed by atoms with E-state index in [1.165, 1.54) is 11.8 Å². The van der Waals surface area contributed by atoms with Gasteiger partial charge in [-0.3, -0.25) is 19.5 Å². The number of fused-ring (bicyclic) bond motifs is 2. The average molecular weight is 604 g/mol. The molecule has 2 aliphatic rings. The highest BCUT2D eigenvalue weighted by Gasteiger charge is 2.40. The van der Waals surface area contributed by atoms with Gasteiger partial charge in [0.05, 0.1) is 22.4 Å². The lowest BCUT2D eigenvalue weighted by molar-refractivity contribution is -0.123. The molecule has 1 unspecified atom stereocenters. The van der Waals surface area contributed by atoms with Gasteiger partial charge in [0, 0.05) is 34.9 Å². The van der Waals surface area contributed by atoms with Gasteiger partial charge in [-0.05, 0) is 53.6 Å². The summed E-state index contributed by atoms with van der Waals surface area (Å²) < 4.78 is 13.0. The van der Waals surface area contributed by atoms with Crippen LogP contribution in [0.2, 0.25) is 5.02 Å². The number of ether oxygens (including phenoxy) is 2. The Morgan fingerprint density at radius 3 is 2.64 bits per heavy atom. The lowest BCUT2D eigenvalue weighted by Crippen LogP contribution is -2.42. The Morgan fingerprint density at radius 2 is 1.88 bits per heavy atom. The van der Waals surface area contributed by atoms with E-state index in [0.717, 1.165) is 22.4 Å². The first kappa shape index (κ1) is 28.1. The average Bonchev–Trinajstić information content (AvgIpc) is 3.57. The van der Waals surface area contributed by atoms with Crippen LogP contribution in [0.5, 0.6) is 11.5 Å². The largest absolute Gasteiger partial charge is 0.454 e. The molecule has 1 N–H and O–H groups in total. The first-order chi connectivity index (χ1) is 20.2. The summed E-state index contributed by atoms with van der Waals surface area (Å²) in [6.45, 7) is 6.61. The van der Waals surface area contributed by atoms with E-state index >= 15 is 0 Å². The van der Waals surface area contributed by atoms with E-state index in [1.807, 2.05) is 42.5 Å². The fourth-order valence-corrected chi connectivity index (χ4v) is 6.47. The monoisotopic (exact) mass is 603 g/mol. The number of hydrogen-bond acceptors (Lipinski definition) is 7. The first-order valence-corrected chi connectivity index (χ1v) is 15.0. The van der Waals surface area contributed by atoms with E-state index in [9.17, 15) is 9.59 Å². The Morgan fingerprint density at radius 1 is 1.10 bits per heavy atom. The summed E-state index contributed by atoms with van der Waals surface area (Å²) in [6.07, 6.45) is 3.36. The molecule has 0 bridgehead atoms. The molecule has 0 saturated carbocycles. The van der Waals surface area contributed by atoms with Crippen molar-refractivity contribution in [1.82, 2.24) is 20.1 Å². The maximum atomic E-state index is 13.9. The number of hydrogen-bond donors (Lipinski definition) is 1. The van der Waals surface area contributed by atoms with Gasteiger partial charge >= 0.3 is 0 Å². The molecule has 42 heavy (non-hydrogen) atoms. The maximum Gasteiger partial charge on any atom is 0.240 e. The first-order valence-electron chi connectivity index (χ1n) is 13.6. The summed E-state index contributed by atoms with van der Waals surface area (Å²) in [6, 6.07) is 16.9. The molecule has 11 heteroatoms. The Labute approximate surface area is 253 Å². The van der Waals surface area contributed by atoms with Crippen LogP contribution < -0.4 is 19.7 Å². The molecule has 216 valence electrons. The molecule has 0 radical (unpaired) electrons. The van der Waals surface area contributed by atoms with Crippen LogP contribution in [-0.2, 0) is 21.5 Å². The van der Waals surface area contributed by atoms with Crippen molar-refractivity contribution in [2.45, 2.75) is 38.0 Å². The maximum absolute atomic E-state index is 13.9. The van der Waals surface area contributed by atoms with Gasteiger partial charge in [0.15, 0.2) is 11.5 Å². The molecular weight excluding hydrogens is 574 g/mol. The quantitative estimate of drug-likeness (QED) is 0.314. The summed E-state index contributed by atoms with van der Waals surface area (Å²) in [5.74, 6) is 1.61. The lowest BCUT2D eigenvalue weighted by atomic mass is 9.87. The molecule has 0 saturated heterocycles. The third-order valence-electron chi connectivity index (χ3n) is 7.09. The number of rotatable bonds is 6. The Kier molecular flexibility index (Phi) is 7.59. The molecule has 0 fully saturated rings. The minimum atomic E-state index is -0.383. The van der Waals surface area contributed by atoms with Gasteiger partial charge in [-0.15, -0.1) is 11.8 Å². The minimum Gasteiger partial charge on any atom is -0.454 e. The van der Waals surface area contributed by atoms with Crippen LogP contribution >= 0.6 is 23.4 Å². The molecular formula is C31H30ClN5O4S. The van der Waals surface area contributed by atoms with E-state index in [0.29, 0.717) is 34.6 Å². The molecule has 4 heterocycles. The third kappa shape index (κ3) is 5.56. The van der Waals surface area contributed by atoms with Crippen LogP contribution in [0.25, 0.3) is 5.69 Å². The molecule has 2 aliphatic heterocycles. The molecule has 2 aromatic heterocycles. The summed E-state index contributed by atoms with van der Waals surface area (Å²) in [5, 5.41) is 8.33. The molecule has 2 aromatic carbocycles.